The van der Waals surface area contributed by atoms with Gasteiger partial charge in [-0.15, -0.1) is 0 Å². The van der Waals surface area contributed by atoms with Crippen LogP contribution in [0.3, 0.4) is 0 Å². The molecule has 1 aromatic rings. The van der Waals surface area contributed by atoms with E-state index in [0.717, 1.165) is 37.8 Å². The molecule has 1 amide bonds. The van der Waals surface area contributed by atoms with Crippen LogP contribution in [-0.4, -0.2) is 49.2 Å². The lowest BCUT2D eigenvalue weighted by molar-refractivity contribution is -0.155. The minimum atomic E-state index is -0.110. The van der Waals surface area contributed by atoms with E-state index in [1.54, 1.807) is 0 Å². The van der Waals surface area contributed by atoms with Crippen LogP contribution in [0.25, 0.3) is 0 Å². The number of carbonyl (C=O) groups excluding carboxylic acids is 2. The normalized spacial score (nSPS) is 26.9. The number of rotatable bonds is 4. The predicted molar refractivity (Wildman–Crippen MR) is 94.2 cm³/mol. The van der Waals surface area contributed by atoms with Crippen LogP contribution in [0, 0.1) is 11.8 Å². The molecule has 0 bridgehead atoms. The van der Waals surface area contributed by atoms with E-state index in [0.29, 0.717) is 19.8 Å². The Bertz CT molecular complexity index is 589. The largest absolute Gasteiger partial charge is 0.465 e. The Labute approximate surface area is 149 Å². The van der Waals surface area contributed by atoms with Gasteiger partial charge in [-0.1, -0.05) is 18.2 Å². The van der Waals surface area contributed by atoms with Crippen LogP contribution in [0.5, 0.6) is 0 Å². The number of ether oxygens (including phenoxy) is 2. The highest BCUT2D eigenvalue weighted by Gasteiger charge is 2.29. The minimum Gasteiger partial charge on any atom is -0.465 e. The molecule has 0 aliphatic carbocycles. The van der Waals surface area contributed by atoms with Crippen LogP contribution in [0.2, 0.25) is 0 Å². The SMILES string of the molecule is C[C@@H]1C[C@H](C(=O)OC[C@H]2CCCN(C(=O)c3ccccc3)C2)CCO1. The molecule has 2 heterocycles. The first-order chi connectivity index (χ1) is 12.1. The average Bonchev–Trinajstić information content (AvgIpc) is 2.66. The van der Waals surface area contributed by atoms with Crippen LogP contribution >= 0.6 is 0 Å². The molecule has 2 fully saturated rings. The molecule has 3 atom stereocenters. The van der Waals surface area contributed by atoms with E-state index in [1.807, 2.05) is 42.2 Å². The van der Waals surface area contributed by atoms with Crippen molar-refractivity contribution >= 4 is 11.9 Å². The zero-order chi connectivity index (χ0) is 17.6. The summed E-state index contributed by atoms with van der Waals surface area (Å²) in [5.74, 6) is 0.133. The van der Waals surface area contributed by atoms with E-state index in [1.165, 1.54) is 0 Å². The number of benzene rings is 1. The van der Waals surface area contributed by atoms with Gasteiger partial charge in [0, 0.05) is 31.2 Å². The van der Waals surface area contributed by atoms with Crippen molar-refractivity contribution in [3.63, 3.8) is 0 Å². The van der Waals surface area contributed by atoms with Crippen LogP contribution < -0.4 is 0 Å². The molecule has 0 N–H and O–H groups in total. The van der Waals surface area contributed by atoms with Gasteiger partial charge in [0.05, 0.1) is 18.6 Å². The number of likely N-dealkylation sites (tertiary alicyclic amines) is 1. The van der Waals surface area contributed by atoms with Crippen molar-refractivity contribution in [1.29, 1.82) is 0 Å². The predicted octanol–water partition coefficient (Wildman–Crippen LogP) is 2.90. The number of carbonyl (C=O) groups is 2. The molecule has 2 aliphatic heterocycles. The molecule has 0 radical (unpaired) electrons. The number of hydrogen-bond donors (Lipinski definition) is 0. The van der Waals surface area contributed by atoms with Crippen molar-refractivity contribution in [1.82, 2.24) is 4.90 Å². The molecule has 0 saturated carbocycles. The molecule has 0 unspecified atom stereocenters. The lowest BCUT2D eigenvalue weighted by atomic mass is 9.96. The Morgan fingerprint density at radius 1 is 1.24 bits per heavy atom. The zero-order valence-electron chi connectivity index (χ0n) is 14.9. The summed E-state index contributed by atoms with van der Waals surface area (Å²) < 4.78 is 11.1. The maximum absolute atomic E-state index is 12.6. The summed E-state index contributed by atoms with van der Waals surface area (Å²) in [5.41, 5.74) is 0.719. The van der Waals surface area contributed by atoms with Crippen molar-refractivity contribution < 1.29 is 19.1 Å². The molecule has 3 rings (SSSR count). The Morgan fingerprint density at radius 3 is 2.80 bits per heavy atom. The van der Waals surface area contributed by atoms with Crippen molar-refractivity contribution in [2.45, 2.75) is 38.7 Å². The summed E-state index contributed by atoms with van der Waals surface area (Å²) >= 11 is 0. The van der Waals surface area contributed by atoms with E-state index in [4.69, 9.17) is 9.47 Å². The standard InChI is InChI=1S/C20H27NO4/c1-15-12-18(9-11-24-15)20(23)25-14-16-6-5-10-21(13-16)19(22)17-7-3-2-4-8-17/h2-4,7-8,15-16,18H,5-6,9-14H2,1H3/t15-,16+,18-/m1/s1. The van der Waals surface area contributed by atoms with E-state index in [9.17, 15) is 9.59 Å². The molecule has 0 spiro atoms. The molecule has 0 aromatic heterocycles. The lowest BCUT2D eigenvalue weighted by Gasteiger charge is -2.33. The Balaban J connectivity index is 1.48. The summed E-state index contributed by atoms with van der Waals surface area (Å²) in [5, 5.41) is 0. The van der Waals surface area contributed by atoms with Gasteiger partial charge in [-0.3, -0.25) is 9.59 Å². The van der Waals surface area contributed by atoms with Crippen LogP contribution in [0.15, 0.2) is 30.3 Å². The van der Waals surface area contributed by atoms with Gasteiger partial charge >= 0.3 is 5.97 Å². The zero-order valence-corrected chi connectivity index (χ0v) is 14.9. The second-order valence-corrected chi connectivity index (χ2v) is 7.16. The third-order valence-corrected chi connectivity index (χ3v) is 5.11. The summed E-state index contributed by atoms with van der Waals surface area (Å²) in [6.07, 6.45) is 3.56. The molecule has 2 aliphatic rings. The van der Waals surface area contributed by atoms with Crippen molar-refractivity contribution in [2.24, 2.45) is 11.8 Å². The van der Waals surface area contributed by atoms with Crippen LogP contribution in [0.4, 0.5) is 0 Å². The van der Waals surface area contributed by atoms with Gasteiger partial charge in [-0.2, -0.15) is 0 Å². The molecule has 136 valence electrons. The van der Waals surface area contributed by atoms with Gasteiger partial charge in [0.1, 0.15) is 0 Å². The summed E-state index contributed by atoms with van der Waals surface area (Å²) in [6, 6.07) is 9.36. The van der Waals surface area contributed by atoms with E-state index in [-0.39, 0.29) is 29.8 Å². The van der Waals surface area contributed by atoms with E-state index in [2.05, 4.69) is 0 Å². The number of hydrogen-bond acceptors (Lipinski definition) is 4. The Hall–Kier alpha value is -1.88. The van der Waals surface area contributed by atoms with E-state index >= 15 is 0 Å². The fourth-order valence-electron chi connectivity index (χ4n) is 3.68. The molecule has 25 heavy (non-hydrogen) atoms. The second kappa shape index (κ2) is 8.48. The van der Waals surface area contributed by atoms with Gasteiger partial charge in [-0.25, -0.2) is 0 Å². The van der Waals surface area contributed by atoms with Gasteiger partial charge < -0.3 is 14.4 Å². The second-order valence-electron chi connectivity index (χ2n) is 7.16. The Morgan fingerprint density at radius 2 is 2.04 bits per heavy atom. The first kappa shape index (κ1) is 17.9. The highest BCUT2D eigenvalue weighted by atomic mass is 16.5. The maximum atomic E-state index is 12.6. The summed E-state index contributed by atoms with van der Waals surface area (Å²) in [7, 11) is 0. The smallest absolute Gasteiger partial charge is 0.309 e. The topological polar surface area (TPSA) is 55.8 Å². The molecular formula is C20H27NO4. The number of esters is 1. The average molecular weight is 345 g/mol. The molecular weight excluding hydrogens is 318 g/mol. The first-order valence-electron chi connectivity index (χ1n) is 9.26. The lowest BCUT2D eigenvalue weighted by Crippen LogP contribution is -2.41. The molecule has 5 nitrogen and oxygen atoms in total. The monoisotopic (exact) mass is 345 g/mol. The molecule has 2 saturated heterocycles. The van der Waals surface area contributed by atoms with Crippen LogP contribution in [0.1, 0.15) is 43.0 Å². The number of amides is 1. The fraction of sp³-hybridized carbons (Fsp3) is 0.600. The first-order valence-corrected chi connectivity index (χ1v) is 9.26. The quantitative estimate of drug-likeness (QED) is 0.788. The number of piperidine rings is 1. The van der Waals surface area contributed by atoms with E-state index < -0.39 is 0 Å². The summed E-state index contributed by atoms with van der Waals surface area (Å²) in [6.45, 7) is 4.46. The summed E-state index contributed by atoms with van der Waals surface area (Å²) in [4.78, 5) is 26.7. The highest BCUT2D eigenvalue weighted by Crippen LogP contribution is 2.23. The fourth-order valence-corrected chi connectivity index (χ4v) is 3.68. The highest BCUT2D eigenvalue weighted by molar-refractivity contribution is 5.94. The van der Waals surface area contributed by atoms with Crippen LogP contribution in [-0.2, 0) is 14.3 Å². The minimum absolute atomic E-state index is 0.0469. The Kier molecular flexibility index (Phi) is 6.08. The van der Waals surface area contributed by atoms with Gasteiger partial charge in [0.2, 0.25) is 0 Å². The van der Waals surface area contributed by atoms with Gasteiger partial charge in [0.25, 0.3) is 5.91 Å². The third-order valence-electron chi connectivity index (χ3n) is 5.11. The van der Waals surface area contributed by atoms with Gasteiger partial charge in [-0.05, 0) is 44.7 Å². The molecule has 5 heteroatoms. The van der Waals surface area contributed by atoms with Gasteiger partial charge in [0.15, 0.2) is 0 Å². The maximum Gasteiger partial charge on any atom is 0.309 e. The number of nitrogens with zero attached hydrogens (tertiary/aromatic N) is 1. The van der Waals surface area contributed by atoms with Crippen molar-refractivity contribution in [2.75, 3.05) is 26.3 Å². The molecule has 1 aromatic carbocycles. The van der Waals surface area contributed by atoms with Crippen molar-refractivity contribution in [3.8, 4) is 0 Å². The van der Waals surface area contributed by atoms with Crippen molar-refractivity contribution in [3.05, 3.63) is 35.9 Å². The third kappa shape index (κ3) is 4.82.